The van der Waals surface area contributed by atoms with Gasteiger partial charge in [0.1, 0.15) is 18.6 Å². The Hall–Kier alpha value is -3.97. The number of hydrazone groups is 1. The molecule has 0 saturated heterocycles. The summed E-state index contributed by atoms with van der Waals surface area (Å²) in [6.45, 7) is 0.216. The third kappa shape index (κ3) is 5.55. The van der Waals surface area contributed by atoms with Crippen LogP contribution in [0.3, 0.4) is 0 Å². The highest BCUT2D eigenvalue weighted by atomic mass is 79.9. The first-order valence-electron chi connectivity index (χ1n) is 8.89. The molecule has 0 radical (unpaired) electrons. The summed E-state index contributed by atoms with van der Waals surface area (Å²) in [6.07, 6.45) is 2.69. The molecular formula is C21H16BrN5O4. The molecule has 0 aliphatic heterocycles. The summed E-state index contributed by atoms with van der Waals surface area (Å²) < 4.78 is 12.0. The van der Waals surface area contributed by atoms with E-state index >= 15 is 0 Å². The van der Waals surface area contributed by atoms with E-state index in [1.54, 1.807) is 30.5 Å². The second-order valence-electron chi connectivity index (χ2n) is 6.11. The average molecular weight is 482 g/mol. The van der Waals surface area contributed by atoms with Crippen molar-refractivity contribution in [1.29, 1.82) is 5.26 Å². The molecule has 0 aliphatic carbocycles. The third-order valence-electron chi connectivity index (χ3n) is 4.15. The molecule has 0 amide bonds. The zero-order valence-electron chi connectivity index (χ0n) is 16.3. The van der Waals surface area contributed by atoms with Crippen molar-refractivity contribution in [3.8, 4) is 17.6 Å². The lowest BCUT2D eigenvalue weighted by atomic mass is 10.1. The Balaban J connectivity index is 1.72. The maximum absolute atomic E-state index is 10.7. The number of pyridine rings is 1. The number of hydrogen-bond acceptors (Lipinski definition) is 8. The summed E-state index contributed by atoms with van der Waals surface area (Å²) in [5, 5.41) is 24.0. The molecule has 10 heteroatoms. The highest BCUT2D eigenvalue weighted by Crippen LogP contribution is 2.33. The zero-order chi connectivity index (χ0) is 22.2. The maximum atomic E-state index is 10.7. The van der Waals surface area contributed by atoms with Gasteiger partial charge in [-0.2, -0.15) is 10.4 Å². The SMILES string of the molecule is COc1cc(/C=N/Nc2ccc([N+](=O)[O-])cn2)c(Br)cc1OCc1ccccc1C#N. The van der Waals surface area contributed by atoms with E-state index in [4.69, 9.17) is 9.47 Å². The number of hydrogen-bond donors (Lipinski definition) is 1. The summed E-state index contributed by atoms with van der Waals surface area (Å²) in [4.78, 5) is 14.1. The Labute approximate surface area is 186 Å². The summed E-state index contributed by atoms with van der Waals surface area (Å²) >= 11 is 3.48. The van der Waals surface area contributed by atoms with Gasteiger partial charge in [0.2, 0.25) is 0 Å². The van der Waals surface area contributed by atoms with Crippen molar-refractivity contribution in [3.05, 3.63) is 86.0 Å². The fourth-order valence-electron chi connectivity index (χ4n) is 2.56. The summed E-state index contributed by atoms with van der Waals surface area (Å²) in [5.41, 5.74) is 4.64. The molecule has 0 spiro atoms. The quantitative estimate of drug-likeness (QED) is 0.282. The van der Waals surface area contributed by atoms with Gasteiger partial charge >= 0.3 is 0 Å². The first-order valence-corrected chi connectivity index (χ1v) is 9.69. The second kappa shape index (κ2) is 10.2. The first-order chi connectivity index (χ1) is 15.0. The van der Waals surface area contributed by atoms with Gasteiger partial charge in [0.25, 0.3) is 5.69 Å². The van der Waals surface area contributed by atoms with Crippen molar-refractivity contribution in [2.24, 2.45) is 5.10 Å². The smallest absolute Gasteiger partial charge is 0.287 e. The molecule has 3 aromatic rings. The zero-order valence-corrected chi connectivity index (χ0v) is 17.9. The molecule has 0 bridgehead atoms. The van der Waals surface area contributed by atoms with Crippen molar-refractivity contribution in [1.82, 2.24) is 4.98 Å². The average Bonchev–Trinajstić information content (AvgIpc) is 2.79. The van der Waals surface area contributed by atoms with Crippen molar-refractivity contribution in [2.45, 2.75) is 6.61 Å². The highest BCUT2D eigenvalue weighted by molar-refractivity contribution is 9.10. The predicted molar refractivity (Wildman–Crippen MR) is 118 cm³/mol. The van der Waals surface area contributed by atoms with E-state index < -0.39 is 4.92 Å². The fourth-order valence-corrected chi connectivity index (χ4v) is 2.99. The number of anilines is 1. The van der Waals surface area contributed by atoms with Crippen molar-refractivity contribution < 1.29 is 14.4 Å². The van der Waals surface area contributed by atoms with E-state index in [0.717, 1.165) is 11.8 Å². The van der Waals surface area contributed by atoms with Crippen LogP contribution in [0.5, 0.6) is 11.5 Å². The molecule has 9 nitrogen and oxygen atoms in total. The molecule has 0 saturated carbocycles. The van der Waals surface area contributed by atoms with Crippen LogP contribution in [0.15, 0.2) is 64.3 Å². The normalized spacial score (nSPS) is 10.5. The number of ether oxygens (including phenoxy) is 2. The van der Waals surface area contributed by atoms with Gasteiger partial charge in [0.05, 0.1) is 29.9 Å². The molecule has 2 aromatic carbocycles. The first kappa shape index (κ1) is 21.7. The lowest BCUT2D eigenvalue weighted by Gasteiger charge is -2.13. The van der Waals surface area contributed by atoms with Crippen molar-refractivity contribution >= 4 is 33.6 Å². The number of nitro groups is 1. The van der Waals surface area contributed by atoms with Gasteiger partial charge in [-0.05, 0) is 40.2 Å². The number of benzene rings is 2. The lowest BCUT2D eigenvalue weighted by Crippen LogP contribution is -2.01. The minimum absolute atomic E-state index is 0.102. The van der Waals surface area contributed by atoms with Crippen LogP contribution in [-0.4, -0.2) is 23.2 Å². The molecule has 0 unspecified atom stereocenters. The molecule has 3 rings (SSSR count). The van der Waals surface area contributed by atoms with E-state index in [2.05, 4.69) is 37.5 Å². The van der Waals surface area contributed by atoms with Gasteiger partial charge in [-0.1, -0.05) is 18.2 Å². The maximum Gasteiger partial charge on any atom is 0.287 e. The molecule has 0 aliphatic rings. The number of nitriles is 1. The summed E-state index contributed by atoms with van der Waals surface area (Å²) in [7, 11) is 1.53. The molecule has 0 atom stereocenters. The van der Waals surface area contributed by atoms with Crippen molar-refractivity contribution in [2.75, 3.05) is 12.5 Å². The molecular weight excluding hydrogens is 466 g/mol. The van der Waals surface area contributed by atoms with Crippen LogP contribution in [-0.2, 0) is 6.61 Å². The Morgan fingerprint density at radius 3 is 2.77 bits per heavy atom. The molecule has 1 N–H and O–H groups in total. The standard InChI is InChI=1S/C21H16BrN5O4/c1-30-19-8-16(11-25-26-21-7-6-17(12-24-21)27(28)29)18(22)9-20(19)31-13-15-5-3-2-4-14(15)10-23/h2-9,11-12H,13H2,1H3,(H,24,26)/b25-11+. The summed E-state index contributed by atoms with van der Waals surface area (Å²) in [6, 6.07) is 15.6. The number of halogens is 1. The van der Waals surface area contributed by atoms with Crippen LogP contribution in [0.2, 0.25) is 0 Å². The van der Waals surface area contributed by atoms with Gasteiger partial charge < -0.3 is 9.47 Å². The Morgan fingerprint density at radius 1 is 1.29 bits per heavy atom. The monoisotopic (exact) mass is 481 g/mol. The number of aromatic nitrogens is 1. The second-order valence-corrected chi connectivity index (χ2v) is 6.97. The molecule has 31 heavy (non-hydrogen) atoms. The fraction of sp³-hybridized carbons (Fsp3) is 0.0952. The van der Waals surface area contributed by atoms with Crippen LogP contribution in [0.25, 0.3) is 0 Å². The third-order valence-corrected chi connectivity index (χ3v) is 4.83. The van der Waals surface area contributed by atoms with Gasteiger partial charge in [0.15, 0.2) is 11.5 Å². The van der Waals surface area contributed by atoms with Gasteiger partial charge in [-0.25, -0.2) is 4.98 Å². The number of nitrogens with one attached hydrogen (secondary N) is 1. The van der Waals surface area contributed by atoms with Crippen LogP contribution in [0.1, 0.15) is 16.7 Å². The van der Waals surface area contributed by atoms with Crippen molar-refractivity contribution in [3.63, 3.8) is 0 Å². The number of methoxy groups -OCH3 is 1. The Morgan fingerprint density at radius 2 is 2.10 bits per heavy atom. The van der Waals surface area contributed by atoms with Crippen LogP contribution < -0.4 is 14.9 Å². The molecule has 156 valence electrons. The lowest BCUT2D eigenvalue weighted by molar-refractivity contribution is -0.385. The van der Waals surface area contributed by atoms with Crippen LogP contribution in [0, 0.1) is 21.4 Å². The van der Waals surface area contributed by atoms with E-state index in [1.165, 1.54) is 19.2 Å². The minimum Gasteiger partial charge on any atom is -0.493 e. The topological polar surface area (TPSA) is 123 Å². The Kier molecular flexibility index (Phi) is 7.13. The molecule has 1 heterocycles. The molecule has 0 fully saturated rings. The minimum atomic E-state index is -0.522. The van der Waals surface area contributed by atoms with Gasteiger partial charge in [0, 0.05) is 21.7 Å². The largest absolute Gasteiger partial charge is 0.493 e. The molecule has 1 aromatic heterocycles. The summed E-state index contributed by atoms with van der Waals surface area (Å²) in [5.74, 6) is 1.36. The van der Waals surface area contributed by atoms with E-state index in [-0.39, 0.29) is 12.3 Å². The Bertz CT molecular complexity index is 1160. The highest BCUT2D eigenvalue weighted by Gasteiger charge is 2.11. The number of nitrogens with zero attached hydrogens (tertiary/aromatic N) is 4. The van der Waals surface area contributed by atoms with E-state index in [1.807, 2.05) is 12.1 Å². The van der Waals surface area contributed by atoms with Gasteiger partial charge in [-0.15, -0.1) is 0 Å². The van der Waals surface area contributed by atoms with Crippen LogP contribution in [0.4, 0.5) is 11.5 Å². The van der Waals surface area contributed by atoms with Gasteiger partial charge in [-0.3, -0.25) is 15.5 Å². The number of rotatable bonds is 8. The van der Waals surface area contributed by atoms with Crippen LogP contribution >= 0.6 is 15.9 Å². The predicted octanol–water partition coefficient (Wildman–Crippen LogP) is 4.66. The van der Waals surface area contributed by atoms with E-state index in [0.29, 0.717) is 32.9 Å². The van der Waals surface area contributed by atoms with E-state index in [9.17, 15) is 15.4 Å².